The number of piperidine rings is 1. The van der Waals surface area contributed by atoms with Crippen molar-refractivity contribution in [1.29, 1.82) is 0 Å². The maximum atomic E-state index is 12.3. The highest BCUT2D eigenvalue weighted by atomic mass is 16.2. The monoisotopic (exact) mass is 287 g/mol. The quantitative estimate of drug-likeness (QED) is 0.894. The van der Waals surface area contributed by atoms with E-state index in [0.29, 0.717) is 12.0 Å². The van der Waals surface area contributed by atoms with E-state index in [1.807, 2.05) is 18.2 Å². The third-order valence-corrected chi connectivity index (χ3v) is 4.59. The van der Waals surface area contributed by atoms with E-state index in [-0.39, 0.29) is 12.1 Å². The number of rotatable bonds is 4. The van der Waals surface area contributed by atoms with Gasteiger partial charge >= 0.3 is 6.03 Å². The molecule has 4 nitrogen and oxygen atoms in total. The Morgan fingerprint density at radius 3 is 2.43 bits per heavy atom. The normalized spacial score (nSPS) is 21.8. The summed E-state index contributed by atoms with van der Waals surface area (Å²) in [6.07, 6.45) is 4.52. The van der Waals surface area contributed by atoms with Gasteiger partial charge in [-0.3, -0.25) is 0 Å². The van der Waals surface area contributed by atoms with Gasteiger partial charge in [0.15, 0.2) is 0 Å². The second-order valence-electron chi connectivity index (χ2n) is 6.42. The molecule has 1 saturated heterocycles. The first-order valence-corrected chi connectivity index (χ1v) is 8.03. The van der Waals surface area contributed by atoms with Crippen molar-refractivity contribution in [3.63, 3.8) is 0 Å². The molecule has 3 rings (SSSR count). The molecule has 1 saturated carbocycles. The fourth-order valence-electron chi connectivity index (χ4n) is 3.08. The Hall–Kier alpha value is -1.55. The lowest BCUT2D eigenvalue weighted by Crippen LogP contribution is -2.48. The number of amides is 2. The predicted molar refractivity (Wildman–Crippen MR) is 84.1 cm³/mol. The number of hydrogen-bond acceptors (Lipinski definition) is 2. The smallest absolute Gasteiger partial charge is 0.315 e. The van der Waals surface area contributed by atoms with Crippen molar-refractivity contribution in [2.75, 3.05) is 20.1 Å². The van der Waals surface area contributed by atoms with Gasteiger partial charge in [0, 0.05) is 6.04 Å². The Morgan fingerprint density at radius 2 is 1.81 bits per heavy atom. The molecule has 2 N–H and O–H groups in total. The van der Waals surface area contributed by atoms with Crippen LogP contribution in [0.2, 0.25) is 0 Å². The Kier molecular flexibility index (Phi) is 4.44. The molecule has 1 aromatic rings. The highest BCUT2D eigenvalue weighted by Crippen LogP contribution is 2.40. The van der Waals surface area contributed by atoms with Crippen LogP contribution in [0.1, 0.15) is 37.3 Å². The van der Waals surface area contributed by atoms with Gasteiger partial charge in [-0.2, -0.15) is 0 Å². The minimum Gasteiger partial charge on any atom is -0.335 e. The van der Waals surface area contributed by atoms with Crippen molar-refractivity contribution < 1.29 is 4.79 Å². The second kappa shape index (κ2) is 6.48. The standard InChI is InChI=1S/C17H25N3O/c1-20-11-9-15(10-12-20)18-17(21)19-16(14-7-8-14)13-5-3-2-4-6-13/h2-6,14-16H,7-12H2,1H3,(H2,18,19,21). The maximum absolute atomic E-state index is 12.3. The van der Waals surface area contributed by atoms with Crippen molar-refractivity contribution in [3.8, 4) is 0 Å². The maximum Gasteiger partial charge on any atom is 0.315 e. The van der Waals surface area contributed by atoms with E-state index in [4.69, 9.17) is 0 Å². The summed E-state index contributed by atoms with van der Waals surface area (Å²) < 4.78 is 0. The van der Waals surface area contributed by atoms with Gasteiger partial charge < -0.3 is 15.5 Å². The molecule has 21 heavy (non-hydrogen) atoms. The van der Waals surface area contributed by atoms with E-state index in [1.54, 1.807) is 0 Å². The summed E-state index contributed by atoms with van der Waals surface area (Å²) in [6, 6.07) is 10.8. The minimum absolute atomic E-state index is 0.00898. The van der Waals surface area contributed by atoms with Crippen molar-refractivity contribution in [2.45, 2.75) is 37.8 Å². The molecule has 1 aliphatic heterocycles. The summed E-state index contributed by atoms with van der Waals surface area (Å²) in [6.45, 7) is 2.13. The van der Waals surface area contributed by atoms with Crippen molar-refractivity contribution in [2.24, 2.45) is 5.92 Å². The number of nitrogens with one attached hydrogen (secondary N) is 2. The zero-order valence-corrected chi connectivity index (χ0v) is 12.7. The molecule has 0 spiro atoms. The molecule has 1 atom stereocenters. The van der Waals surface area contributed by atoms with Gasteiger partial charge in [0.2, 0.25) is 0 Å². The minimum atomic E-state index is -0.00898. The van der Waals surface area contributed by atoms with Gasteiger partial charge in [-0.15, -0.1) is 0 Å². The Morgan fingerprint density at radius 1 is 1.14 bits per heavy atom. The molecule has 0 bridgehead atoms. The first kappa shape index (κ1) is 14.4. The lowest BCUT2D eigenvalue weighted by molar-refractivity contribution is 0.210. The van der Waals surface area contributed by atoms with E-state index in [9.17, 15) is 4.79 Å². The molecule has 2 fully saturated rings. The van der Waals surface area contributed by atoms with Crippen molar-refractivity contribution in [1.82, 2.24) is 15.5 Å². The average molecular weight is 287 g/mol. The average Bonchev–Trinajstić information content (AvgIpc) is 3.33. The molecule has 2 amide bonds. The van der Waals surface area contributed by atoms with Gasteiger partial charge in [0.05, 0.1) is 6.04 Å². The molecule has 2 aliphatic rings. The van der Waals surface area contributed by atoms with Crippen LogP contribution in [0.3, 0.4) is 0 Å². The summed E-state index contributed by atoms with van der Waals surface area (Å²) in [5.41, 5.74) is 1.22. The lowest BCUT2D eigenvalue weighted by Gasteiger charge is -2.30. The van der Waals surface area contributed by atoms with E-state index in [0.717, 1.165) is 25.9 Å². The van der Waals surface area contributed by atoms with Crippen LogP contribution in [-0.4, -0.2) is 37.1 Å². The SMILES string of the molecule is CN1CCC(NC(=O)NC(c2ccccc2)C2CC2)CC1. The number of benzene rings is 1. The molecule has 1 aliphatic carbocycles. The fraction of sp³-hybridized carbons (Fsp3) is 0.588. The Labute approximate surface area is 126 Å². The highest BCUT2D eigenvalue weighted by Gasteiger charge is 2.33. The van der Waals surface area contributed by atoms with E-state index in [2.05, 4.69) is 34.7 Å². The summed E-state index contributed by atoms with van der Waals surface area (Å²) >= 11 is 0. The van der Waals surface area contributed by atoms with Gasteiger partial charge in [-0.1, -0.05) is 30.3 Å². The van der Waals surface area contributed by atoms with E-state index < -0.39 is 0 Å². The largest absolute Gasteiger partial charge is 0.335 e. The molecule has 0 aromatic heterocycles. The van der Waals surface area contributed by atoms with E-state index >= 15 is 0 Å². The second-order valence-corrected chi connectivity index (χ2v) is 6.42. The highest BCUT2D eigenvalue weighted by molar-refractivity contribution is 5.75. The van der Waals surface area contributed by atoms with Crippen LogP contribution in [0.5, 0.6) is 0 Å². The first-order valence-electron chi connectivity index (χ1n) is 8.03. The molecule has 1 aromatic carbocycles. The number of hydrogen-bond donors (Lipinski definition) is 2. The lowest BCUT2D eigenvalue weighted by atomic mass is 10.0. The topological polar surface area (TPSA) is 44.4 Å². The van der Waals surface area contributed by atoms with Gasteiger partial charge in [-0.05, 0) is 57.3 Å². The fourth-order valence-corrected chi connectivity index (χ4v) is 3.08. The van der Waals surface area contributed by atoms with Crippen LogP contribution in [0.15, 0.2) is 30.3 Å². The summed E-state index contributed by atoms with van der Waals surface area (Å²) in [7, 11) is 2.13. The zero-order valence-electron chi connectivity index (χ0n) is 12.7. The summed E-state index contributed by atoms with van der Waals surface area (Å²) in [4.78, 5) is 14.6. The molecule has 0 radical (unpaired) electrons. The molecule has 1 heterocycles. The van der Waals surface area contributed by atoms with Crippen LogP contribution in [0.4, 0.5) is 4.79 Å². The molecule has 4 heteroatoms. The van der Waals surface area contributed by atoms with Crippen LogP contribution in [0.25, 0.3) is 0 Å². The molecule has 1 unspecified atom stereocenters. The van der Waals surface area contributed by atoms with Crippen LogP contribution in [0, 0.1) is 5.92 Å². The summed E-state index contributed by atoms with van der Waals surface area (Å²) in [5.74, 6) is 0.607. The Bertz CT molecular complexity index is 464. The number of likely N-dealkylation sites (tertiary alicyclic amines) is 1. The number of carbonyl (C=O) groups is 1. The molecular weight excluding hydrogens is 262 g/mol. The van der Waals surface area contributed by atoms with Crippen LogP contribution >= 0.6 is 0 Å². The van der Waals surface area contributed by atoms with Crippen LogP contribution < -0.4 is 10.6 Å². The van der Waals surface area contributed by atoms with Gasteiger partial charge in [0.1, 0.15) is 0 Å². The number of nitrogens with zero attached hydrogens (tertiary/aromatic N) is 1. The first-order chi connectivity index (χ1) is 10.2. The molecular formula is C17H25N3O. The Balaban J connectivity index is 1.55. The summed E-state index contributed by atoms with van der Waals surface area (Å²) in [5, 5.41) is 6.34. The van der Waals surface area contributed by atoms with Crippen molar-refractivity contribution in [3.05, 3.63) is 35.9 Å². The predicted octanol–water partition coefficient (Wildman–Crippen LogP) is 2.53. The van der Waals surface area contributed by atoms with Gasteiger partial charge in [0.25, 0.3) is 0 Å². The van der Waals surface area contributed by atoms with Gasteiger partial charge in [-0.25, -0.2) is 4.79 Å². The number of urea groups is 1. The van der Waals surface area contributed by atoms with Crippen LogP contribution in [-0.2, 0) is 0 Å². The zero-order chi connectivity index (χ0) is 14.7. The van der Waals surface area contributed by atoms with E-state index in [1.165, 1.54) is 18.4 Å². The van der Waals surface area contributed by atoms with Crippen molar-refractivity contribution >= 4 is 6.03 Å². The third kappa shape index (κ3) is 3.97. The third-order valence-electron chi connectivity index (χ3n) is 4.59. The molecule has 114 valence electrons. The number of carbonyl (C=O) groups excluding carboxylic acids is 1.